The summed E-state index contributed by atoms with van der Waals surface area (Å²) in [4.78, 5) is 36.4. The Hall–Kier alpha value is -2.97. The maximum Gasteiger partial charge on any atom is 0.321 e. The van der Waals surface area contributed by atoms with Crippen molar-refractivity contribution in [3.63, 3.8) is 0 Å². The molecular weight excluding hydrogens is 392 g/mol. The Kier molecular flexibility index (Phi) is 8.76. The van der Waals surface area contributed by atoms with Gasteiger partial charge in [0.2, 0.25) is 5.75 Å². The van der Waals surface area contributed by atoms with Crippen LogP contribution in [0.3, 0.4) is 0 Å². The summed E-state index contributed by atoms with van der Waals surface area (Å²) < 4.78 is 20.9. The second kappa shape index (κ2) is 11.3. The topological polar surface area (TPSA) is 112 Å². The standard InChI is InChI=1S/C21H30N2O7/c1-13(20(25)23-21(26)22-15-8-6-5-7-9-15)30-18(24)12-14-10-16(27-2)19(29-4)17(11-14)28-3/h10-11,13,15H,5-9,12H2,1-4H3,(H2,22,23,25,26)/t13-/m0/s1. The van der Waals surface area contributed by atoms with Gasteiger partial charge in [0.05, 0.1) is 27.8 Å². The molecule has 1 aromatic carbocycles. The van der Waals surface area contributed by atoms with Gasteiger partial charge in [-0.05, 0) is 37.5 Å². The van der Waals surface area contributed by atoms with Crippen LogP contribution in [-0.4, -0.2) is 51.4 Å². The van der Waals surface area contributed by atoms with Gasteiger partial charge >= 0.3 is 12.0 Å². The number of urea groups is 1. The number of esters is 1. The van der Waals surface area contributed by atoms with E-state index in [4.69, 9.17) is 18.9 Å². The van der Waals surface area contributed by atoms with Gasteiger partial charge in [-0.2, -0.15) is 0 Å². The molecule has 2 rings (SSSR count). The summed E-state index contributed by atoms with van der Waals surface area (Å²) in [6.07, 6.45) is 3.88. The number of nitrogens with one attached hydrogen (secondary N) is 2. The van der Waals surface area contributed by atoms with Gasteiger partial charge in [0.15, 0.2) is 17.6 Å². The Morgan fingerprint density at radius 3 is 2.13 bits per heavy atom. The van der Waals surface area contributed by atoms with Crippen LogP contribution in [0.2, 0.25) is 0 Å². The first-order valence-electron chi connectivity index (χ1n) is 9.97. The van der Waals surface area contributed by atoms with Gasteiger partial charge in [-0.25, -0.2) is 4.79 Å². The third kappa shape index (κ3) is 6.53. The molecule has 0 bridgehead atoms. The molecule has 0 saturated heterocycles. The van der Waals surface area contributed by atoms with Gasteiger partial charge < -0.3 is 24.3 Å². The Bertz CT molecular complexity index is 735. The number of imide groups is 1. The van der Waals surface area contributed by atoms with E-state index >= 15 is 0 Å². The molecule has 166 valence electrons. The minimum atomic E-state index is -1.11. The molecule has 2 N–H and O–H groups in total. The fourth-order valence-electron chi connectivity index (χ4n) is 3.38. The van der Waals surface area contributed by atoms with Crippen LogP contribution in [0.25, 0.3) is 0 Å². The molecule has 1 atom stereocenters. The van der Waals surface area contributed by atoms with Gasteiger partial charge in [0.1, 0.15) is 0 Å². The first-order valence-corrected chi connectivity index (χ1v) is 9.97. The third-order valence-corrected chi connectivity index (χ3v) is 4.93. The molecule has 9 nitrogen and oxygen atoms in total. The van der Waals surface area contributed by atoms with E-state index in [2.05, 4.69) is 10.6 Å². The zero-order valence-electron chi connectivity index (χ0n) is 17.9. The van der Waals surface area contributed by atoms with Crippen LogP contribution in [0.1, 0.15) is 44.6 Å². The van der Waals surface area contributed by atoms with Crippen LogP contribution in [-0.2, 0) is 20.7 Å². The van der Waals surface area contributed by atoms with E-state index in [1.54, 1.807) is 12.1 Å². The molecule has 1 aromatic rings. The fraction of sp³-hybridized carbons (Fsp3) is 0.571. The van der Waals surface area contributed by atoms with Crippen LogP contribution in [0.5, 0.6) is 17.2 Å². The predicted molar refractivity (Wildman–Crippen MR) is 109 cm³/mol. The van der Waals surface area contributed by atoms with Crippen molar-refractivity contribution in [3.05, 3.63) is 17.7 Å². The van der Waals surface area contributed by atoms with Crippen molar-refractivity contribution in [1.82, 2.24) is 10.6 Å². The Morgan fingerprint density at radius 2 is 1.60 bits per heavy atom. The highest BCUT2D eigenvalue weighted by Crippen LogP contribution is 2.38. The Morgan fingerprint density at radius 1 is 1.00 bits per heavy atom. The van der Waals surface area contributed by atoms with Crippen LogP contribution >= 0.6 is 0 Å². The molecule has 9 heteroatoms. The quantitative estimate of drug-likeness (QED) is 0.619. The molecule has 1 saturated carbocycles. The zero-order valence-corrected chi connectivity index (χ0v) is 17.9. The average molecular weight is 422 g/mol. The van der Waals surface area contributed by atoms with Gasteiger partial charge in [-0.1, -0.05) is 19.3 Å². The number of rotatable bonds is 8. The fourth-order valence-corrected chi connectivity index (χ4v) is 3.38. The van der Waals surface area contributed by atoms with Crippen molar-refractivity contribution in [3.8, 4) is 17.2 Å². The average Bonchev–Trinajstić information content (AvgIpc) is 2.73. The zero-order chi connectivity index (χ0) is 22.1. The normalized spacial score (nSPS) is 14.9. The largest absolute Gasteiger partial charge is 0.493 e. The van der Waals surface area contributed by atoms with Gasteiger partial charge in [-0.3, -0.25) is 14.9 Å². The number of carbonyl (C=O) groups excluding carboxylic acids is 3. The summed E-state index contributed by atoms with van der Waals surface area (Å²) in [6.45, 7) is 1.41. The van der Waals surface area contributed by atoms with E-state index in [0.29, 0.717) is 22.8 Å². The van der Waals surface area contributed by atoms with E-state index in [-0.39, 0.29) is 12.5 Å². The minimum Gasteiger partial charge on any atom is -0.493 e. The van der Waals surface area contributed by atoms with Crippen LogP contribution < -0.4 is 24.8 Å². The molecule has 0 radical (unpaired) electrons. The maximum atomic E-state index is 12.3. The molecule has 0 spiro atoms. The molecule has 0 aliphatic heterocycles. The molecule has 1 aliphatic rings. The minimum absolute atomic E-state index is 0.0736. The van der Waals surface area contributed by atoms with Crippen molar-refractivity contribution < 1.29 is 33.3 Å². The molecule has 0 heterocycles. The number of methoxy groups -OCH3 is 3. The van der Waals surface area contributed by atoms with Crippen molar-refractivity contribution in [2.45, 2.75) is 57.6 Å². The number of benzene rings is 1. The lowest BCUT2D eigenvalue weighted by Crippen LogP contribution is -2.48. The number of carbonyl (C=O) groups is 3. The highest BCUT2D eigenvalue weighted by atomic mass is 16.5. The number of hydrogen-bond donors (Lipinski definition) is 2. The number of hydrogen-bond acceptors (Lipinski definition) is 7. The van der Waals surface area contributed by atoms with Gasteiger partial charge in [0, 0.05) is 6.04 Å². The highest BCUT2D eigenvalue weighted by Gasteiger charge is 2.23. The van der Waals surface area contributed by atoms with Crippen molar-refractivity contribution in [1.29, 1.82) is 0 Å². The van der Waals surface area contributed by atoms with Crippen LogP contribution in [0.4, 0.5) is 4.79 Å². The highest BCUT2D eigenvalue weighted by molar-refractivity contribution is 5.97. The molecule has 0 aromatic heterocycles. The van der Waals surface area contributed by atoms with E-state index in [0.717, 1.165) is 32.1 Å². The monoisotopic (exact) mass is 422 g/mol. The summed E-state index contributed by atoms with van der Waals surface area (Å²) >= 11 is 0. The Balaban J connectivity index is 1.89. The summed E-state index contributed by atoms with van der Waals surface area (Å²) in [6, 6.07) is 2.76. The lowest BCUT2D eigenvalue weighted by atomic mass is 9.96. The van der Waals surface area contributed by atoms with Crippen molar-refractivity contribution >= 4 is 17.9 Å². The summed E-state index contributed by atoms with van der Waals surface area (Å²) in [5.74, 6) is -0.0790. The molecule has 0 unspecified atom stereocenters. The molecular formula is C21H30N2O7. The molecule has 1 aliphatic carbocycles. The summed E-state index contributed by atoms with van der Waals surface area (Å²) in [5, 5.41) is 5.01. The predicted octanol–water partition coefficient (Wildman–Crippen LogP) is 2.35. The lowest BCUT2D eigenvalue weighted by molar-refractivity contribution is -0.153. The van der Waals surface area contributed by atoms with Gasteiger partial charge in [0.25, 0.3) is 5.91 Å². The van der Waals surface area contributed by atoms with Crippen LogP contribution in [0, 0.1) is 0 Å². The van der Waals surface area contributed by atoms with E-state index in [9.17, 15) is 14.4 Å². The summed E-state index contributed by atoms with van der Waals surface area (Å²) in [5.41, 5.74) is 0.567. The Labute approximate surface area is 176 Å². The van der Waals surface area contributed by atoms with E-state index in [1.807, 2.05) is 0 Å². The van der Waals surface area contributed by atoms with Gasteiger partial charge in [-0.15, -0.1) is 0 Å². The van der Waals surface area contributed by atoms with E-state index < -0.39 is 24.0 Å². The number of ether oxygens (including phenoxy) is 4. The maximum absolute atomic E-state index is 12.3. The summed E-state index contributed by atoms with van der Waals surface area (Å²) in [7, 11) is 4.44. The second-order valence-electron chi connectivity index (χ2n) is 7.14. The SMILES string of the molecule is COc1cc(CC(=O)O[C@@H](C)C(=O)NC(=O)NC2CCCCC2)cc(OC)c1OC. The molecule has 30 heavy (non-hydrogen) atoms. The lowest BCUT2D eigenvalue weighted by Gasteiger charge is -2.23. The van der Waals surface area contributed by atoms with Crippen molar-refractivity contribution in [2.24, 2.45) is 0 Å². The van der Waals surface area contributed by atoms with Crippen molar-refractivity contribution in [2.75, 3.05) is 21.3 Å². The first kappa shape index (κ1) is 23.3. The van der Waals surface area contributed by atoms with Crippen LogP contribution in [0.15, 0.2) is 12.1 Å². The first-order chi connectivity index (χ1) is 14.4. The number of amides is 3. The molecule has 1 fully saturated rings. The smallest absolute Gasteiger partial charge is 0.321 e. The van der Waals surface area contributed by atoms with E-state index in [1.165, 1.54) is 28.3 Å². The molecule has 3 amide bonds. The third-order valence-electron chi connectivity index (χ3n) is 4.93. The second-order valence-corrected chi connectivity index (χ2v) is 7.14.